The Kier molecular flexibility index (Phi) is 8.53. The third-order valence-electron chi connectivity index (χ3n) is 5.35. The van der Waals surface area contributed by atoms with Crippen molar-refractivity contribution < 1.29 is 29.4 Å². The van der Waals surface area contributed by atoms with Crippen molar-refractivity contribution in [2.45, 2.75) is 31.0 Å². The molecule has 35 heavy (non-hydrogen) atoms. The number of carbonyl (C=O) groups excluding carboxylic acids is 3. The fourth-order valence-corrected chi connectivity index (χ4v) is 3.54. The van der Waals surface area contributed by atoms with Gasteiger partial charge in [0.05, 0.1) is 19.5 Å². The molecule has 2 heterocycles. The molecule has 0 aliphatic rings. The quantitative estimate of drug-likeness (QED) is 0.146. The average molecular weight is 486 g/mol. The Balaban J connectivity index is 1.76. The minimum atomic E-state index is -1.34. The van der Waals surface area contributed by atoms with Crippen LogP contribution in [-0.2, 0) is 32.0 Å². The second kappa shape index (κ2) is 11.8. The largest absolute Gasteiger partial charge is 0.480 e. The third kappa shape index (κ3) is 6.65. The number of para-hydroxylation sites is 1. The van der Waals surface area contributed by atoms with Crippen LogP contribution in [0, 0.1) is 0 Å². The number of carboxylic acids is 1. The Morgan fingerprint density at radius 3 is 2.34 bits per heavy atom. The molecule has 0 radical (unpaired) electrons. The summed E-state index contributed by atoms with van der Waals surface area (Å²) >= 11 is 0. The first kappa shape index (κ1) is 25.4. The van der Waals surface area contributed by atoms with E-state index < -0.39 is 55.0 Å². The molecule has 9 N–H and O–H groups in total. The van der Waals surface area contributed by atoms with E-state index in [1.807, 2.05) is 24.3 Å². The van der Waals surface area contributed by atoms with Crippen molar-refractivity contribution in [3.8, 4) is 0 Å². The van der Waals surface area contributed by atoms with Gasteiger partial charge in [-0.05, 0) is 11.6 Å². The molecule has 13 nitrogen and oxygen atoms in total. The van der Waals surface area contributed by atoms with Crippen LogP contribution < -0.4 is 21.7 Å². The minimum Gasteiger partial charge on any atom is -0.480 e. The molecule has 186 valence electrons. The van der Waals surface area contributed by atoms with Gasteiger partial charge in [0.25, 0.3) is 0 Å². The molecule has 2 aromatic heterocycles. The van der Waals surface area contributed by atoms with Crippen LogP contribution >= 0.6 is 0 Å². The molecule has 0 saturated heterocycles. The molecule has 3 rings (SSSR count). The Morgan fingerprint density at radius 2 is 1.69 bits per heavy atom. The molecular formula is C22H27N7O6. The van der Waals surface area contributed by atoms with E-state index in [2.05, 4.69) is 30.9 Å². The van der Waals surface area contributed by atoms with Crippen LogP contribution in [0.3, 0.4) is 0 Å². The fourth-order valence-electron chi connectivity index (χ4n) is 3.54. The van der Waals surface area contributed by atoms with Gasteiger partial charge in [-0.25, -0.2) is 9.78 Å². The number of aliphatic hydroxyl groups excluding tert-OH is 1. The number of hydrogen-bond donors (Lipinski definition) is 8. The van der Waals surface area contributed by atoms with Gasteiger partial charge in [-0.15, -0.1) is 0 Å². The van der Waals surface area contributed by atoms with E-state index in [-0.39, 0.29) is 12.8 Å². The number of hydrogen-bond acceptors (Lipinski definition) is 7. The summed E-state index contributed by atoms with van der Waals surface area (Å²) in [7, 11) is 0. The van der Waals surface area contributed by atoms with Crippen molar-refractivity contribution in [2.24, 2.45) is 5.73 Å². The van der Waals surface area contributed by atoms with E-state index in [0.717, 1.165) is 10.9 Å². The van der Waals surface area contributed by atoms with Gasteiger partial charge in [0.2, 0.25) is 17.7 Å². The van der Waals surface area contributed by atoms with Crippen molar-refractivity contribution in [3.05, 3.63) is 54.2 Å². The van der Waals surface area contributed by atoms with Gasteiger partial charge in [0, 0.05) is 41.8 Å². The van der Waals surface area contributed by atoms with Crippen molar-refractivity contribution >= 4 is 34.6 Å². The number of benzene rings is 1. The topological polar surface area (TPSA) is 215 Å². The summed E-state index contributed by atoms with van der Waals surface area (Å²) in [6.07, 6.45) is 4.48. The second-order valence-corrected chi connectivity index (χ2v) is 7.81. The molecule has 0 spiro atoms. The van der Waals surface area contributed by atoms with Crippen molar-refractivity contribution in [1.82, 2.24) is 30.9 Å². The molecule has 0 fully saturated rings. The zero-order chi connectivity index (χ0) is 25.4. The van der Waals surface area contributed by atoms with Crippen LogP contribution in [0.5, 0.6) is 0 Å². The monoisotopic (exact) mass is 485 g/mol. The van der Waals surface area contributed by atoms with Gasteiger partial charge >= 0.3 is 5.97 Å². The lowest BCUT2D eigenvalue weighted by molar-refractivity contribution is -0.142. The first-order chi connectivity index (χ1) is 16.8. The maximum absolute atomic E-state index is 13.1. The smallest absolute Gasteiger partial charge is 0.326 e. The molecule has 3 unspecified atom stereocenters. The summed E-state index contributed by atoms with van der Waals surface area (Å²) in [4.78, 5) is 59.0. The average Bonchev–Trinajstić information content (AvgIpc) is 3.51. The number of aromatic amines is 2. The lowest BCUT2D eigenvalue weighted by Crippen LogP contribution is -2.57. The Labute approximate surface area is 199 Å². The van der Waals surface area contributed by atoms with Crippen LogP contribution in [0.15, 0.2) is 43.0 Å². The molecule has 3 amide bonds. The highest BCUT2D eigenvalue weighted by atomic mass is 16.4. The number of carbonyl (C=O) groups is 4. The molecule has 3 atom stereocenters. The number of fused-ring (bicyclic) bond motifs is 1. The van der Waals surface area contributed by atoms with Crippen LogP contribution in [0.1, 0.15) is 11.3 Å². The SMILES string of the molecule is NCC(=O)NC(CO)C(=O)NC(Cc1cnc[nH]1)C(=O)NC(Cc1c[nH]c2ccccc12)C(=O)O. The first-order valence-electron chi connectivity index (χ1n) is 10.8. The van der Waals surface area contributed by atoms with Crippen molar-refractivity contribution in [1.29, 1.82) is 0 Å². The van der Waals surface area contributed by atoms with Gasteiger partial charge in [0.15, 0.2) is 0 Å². The van der Waals surface area contributed by atoms with Gasteiger partial charge in [0.1, 0.15) is 18.1 Å². The van der Waals surface area contributed by atoms with E-state index in [0.29, 0.717) is 11.3 Å². The highest BCUT2D eigenvalue weighted by Gasteiger charge is 2.30. The summed E-state index contributed by atoms with van der Waals surface area (Å²) in [6, 6.07) is 3.51. The van der Waals surface area contributed by atoms with Crippen LogP contribution in [0.4, 0.5) is 0 Å². The summed E-state index contributed by atoms with van der Waals surface area (Å²) in [5.41, 5.74) is 7.26. The van der Waals surface area contributed by atoms with Crippen LogP contribution in [0.25, 0.3) is 10.9 Å². The summed E-state index contributed by atoms with van der Waals surface area (Å²) < 4.78 is 0. The van der Waals surface area contributed by atoms with E-state index in [1.54, 1.807) is 6.20 Å². The maximum Gasteiger partial charge on any atom is 0.326 e. The van der Waals surface area contributed by atoms with Gasteiger partial charge < -0.3 is 41.9 Å². The van der Waals surface area contributed by atoms with Gasteiger partial charge in [-0.3, -0.25) is 14.4 Å². The zero-order valence-corrected chi connectivity index (χ0v) is 18.7. The third-order valence-corrected chi connectivity index (χ3v) is 5.35. The predicted octanol–water partition coefficient (Wildman–Crippen LogP) is -1.83. The number of aromatic nitrogens is 3. The number of nitrogens with zero attached hydrogens (tertiary/aromatic N) is 1. The molecule has 0 aliphatic heterocycles. The summed E-state index contributed by atoms with van der Waals surface area (Å²) in [5, 5.41) is 27.2. The molecular weight excluding hydrogens is 458 g/mol. The van der Waals surface area contributed by atoms with E-state index in [1.165, 1.54) is 12.5 Å². The van der Waals surface area contributed by atoms with Crippen LogP contribution in [0.2, 0.25) is 0 Å². The fraction of sp³-hybridized carbons (Fsp3) is 0.318. The Bertz CT molecular complexity index is 1180. The number of carboxylic acid groups (broad SMARTS) is 1. The first-order valence-corrected chi connectivity index (χ1v) is 10.8. The van der Waals surface area contributed by atoms with Crippen LogP contribution in [-0.4, -0.2) is 80.1 Å². The number of H-pyrrole nitrogens is 2. The summed E-state index contributed by atoms with van der Waals surface area (Å²) in [6.45, 7) is -1.12. The number of nitrogens with two attached hydrogens (primary N) is 1. The number of nitrogens with one attached hydrogen (secondary N) is 5. The highest BCUT2D eigenvalue weighted by molar-refractivity contribution is 5.94. The number of aliphatic carboxylic acids is 1. The molecule has 0 saturated carbocycles. The minimum absolute atomic E-state index is 0.00162. The van der Waals surface area contributed by atoms with Crippen molar-refractivity contribution in [3.63, 3.8) is 0 Å². The molecule has 13 heteroatoms. The molecule has 1 aromatic carbocycles. The van der Waals surface area contributed by atoms with E-state index >= 15 is 0 Å². The second-order valence-electron chi connectivity index (χ2n) is 7.81. The number of imidazole rings is 1. The lowest BCUT2D eigenvalue weighted by Gasteiger charge is -2.23. The number of rotatable bonds is 12. The molecule has 0 aliphatic carbocycles. The Hall–Kier alpha value is -4.23. The molecule has 3 aromatic rings. The van der Waals surface area contributed by atoms with E-state index in [4.69, 9.17) is 5.73 Å². The summed E-state index contributed by atoms with van der Waals surface area (Å²) in [5.74, 6) is -3.52. The highest BCUT2D eigenvalue weighted by Crippen LogP contribution is 2.19. The molecule has 0 bridgehead atoms. The Morgan fingerprint density at radius 1 is 0.971 bits per heavy atom. The zero-order valence-electron chi connectivity index (χ0n) is 18.7. The predicted molar refractivity (Wildman–Crippen MR) is 124 cm³/mol. The maximum atomic E-state index is 13.1. The number of amides is 3. The van der Waals surface area contributed by atoms with Gasteiger partial charge in [-0.1, -0.05) is 18.2 Å². The normalized spacial score (nSPS) is 13.5. The van der Waals surface area contributed by atoms with E-state index in [9.17, 15) is 29.4 Å². The lowest BCUT2D eigenvalue weighted by atomic mass is 10.0. The number of aliphatic hydroxyl groups is 1. The van der Waals surface area contributed by atoms with Crippen molar-refractivity contribution in [2.75, 3.05) is 13.2 Å². The van der Waals surface area contributed by atoms with Gasteiger partial charge in [-0.2, -0.15) is 0 Å². The standard InChI is InChI=1S/C22H27N7O6/c23-7-19(31)27-18(10-30)21(33)28-16(6-13-9-24-11-26-13)20(32)29-17(22(34)35)5-12-8-25-15-4-2-1-3-14(12)15/h1-4,8-9,11,16-18,25,30H,5-7,10,23H2,(H,24,26)(H,27,31)(H,28,33)(H,29,32)(H,34,35).